The molecule has 1 aromatic carbocycles. The number of aliphatic hydroxyl groups excluding tert-OH is 1. The molecule has 2 unspecified atom stereocenters. The van der Waals surface area contributed by atoms with Gasteiger partial charge in [-0.3, -0.25) is 4.79 Å². The average Bonchev–Trinajstić information content (AvgIpc) is 2.26. The van der Waals surface area contributed by atoms with Gasteiger partial charge in [-0.15, -0.1) is 0 Å². The summed E-state index contributed by atoms with van der Waals surface area (Å²) in [6, 6.07) is 7.55. The van der Waals surface area contributed by atoms with Crippen LogP contribution in [0.3, 0.4) is 0 Å². The van der Waals surface area contributed by atoms with E-state index >= 15 is 0 Å². The first-order valence-electron chi connectivity index (χ1n) is 5.59. The monoisotopic (exact) mass is 254 g/mol. The number of carboxylic acids is 1. The predicted octanol–water partition coefficient (Wildman–Crippen LogP) is 2.32. The molecular formula is C13H18O3S. The predicted molar refractivity (Wildman–Crippen MR) is 70.2 cm³/mol. The molecule has 0 aliphatic heterocycles. The zero-order valence-corrected chi connectivity index (χ0v) is 10.9. The smallest absolute Gasteiger partial charge is 0.307 e. The van der Waals surface area contributed by atoms with E-state index in [-0.39, 0.29) is 17.8 Å². The summed E-state index contributed by atoms with van der Waals surface area (Å²) in [7, 11) is 0. The van der Waals surface area contributed by atoms with E-state index < -0.39 is 5.97 Å². The number of aliphatic hydroxyl groups is 1. The average molecular weight is 254 g/mol. The van der Waals surface area contributed by atoms with E-state index in [9.17, 15) is 9.90 Å². The van der Waals surface area contributed by atoms with E-state index in [4.69, 9.17) is 5.11 Å². The molecule has 0 amide bonds. The summed E-state index contributed by atoms with van der Waals surface area (Å²) >= 11 is 1.64. The first kappa shape index (κ1) is 14.1. The molecule has 1 rings (SSSR count). The van der Waals surface area contributed by atoms with Gasteiger partial charge in [0.2, 0.25) is 0 Å². The van der Waals surface area contributed by atoms with Gasteiger partial charge in [-0.05, 0) is 18.1 Å². The summed E-state index contributed by atoms with van der Waals surface area (Å²) in [5, 5.41) is 18.4. The fourth-order valence-electron chi connectivity index (χ4n) is 1.39. The Kier molecular flexibility index (Phi) is 5.51. The van der Waals surface area contributed by atoms with Gasteiger partial charge in [0.25, 0.3) is 0 Å². The number of carbonyl (C=O) groups is 1. The lowest BCUT2D eigenvalue weighted by molar-refractivity contribution is -0.136. The highest BCUT2D eigenvalue weighted by atomic mass is 32.2. The quantitative estimate of drug-likeness (QED) is 0.818. The maximum atomic E-state index is 10.7. The second kappa shape index (κ2) is 6.67. The second-order valence-electron chi connectivity index (χ2n) is 4.10. The largest absolute Gasteiger partial charge is 0.481 e. The van der Waals surface area contributed by atoms with Crippen LogP contribution in [-0.2, 0) is 17.0 Å². The van der Waals surface area contributed by atoms with Crippen molar-refractivity contribution in [2.24, 2.45) is 0 Å². The van der Waals surface area contributed by atoms with Crippen molar-refractivity contribution < 1.29 is 15.0 Å². The number of hydrogen-bond acceptors (Lipinski definition) is 3. The molecule has 2 atom stereocenters. The molecule has 0 bridgehead atoms. The van der Waals surface area contributed by atoms with Crippen LogP contribution >= 0.6 is 11.8 Å². The maximum Gasteiger partial charge on any atom is 0.307 e. The summed E-state index contributed by atoms with van der Waals surface area (Å²) in [6.45, 7) is 3.73. The topological polar surface area (TPSA) is 57.5 Å². The highest BCUT2D eigenvalue weighted by Crippen LogP contribution is 2.22. The first-order valence-corrected chi connectivity index (χ1v) is 6.64. The van der Waals surface area contributed by atoms with Crippen LogP contribution in [0, 0.1) is 0 Å². The fourth-order valence-corrected chi connectivity index (χ4v) is 2.40. The third kappa shape index (κ3) is 4.79. The van der Waals surface area contributed by atoms with Crippen LogP contribution in [0.2, 0.25) is 0 Å². The fraction of sp³-hybridized carbons (Fsp3) is 0.462. The third-order valence-corrected chi connectivity index (χ3v) is 4.04. The van der Waals surface area contributed by atoms with E-state index in [1.165, 1.54) is 0 Å². The van der Waals surface area contributed by atoms with Gasteiger partial charge in [-0.25, -0.2) is 0 Å². The molecule has 3 nitrogen and oxygen atoms in total. The molecule has 1 aromatic rings. The SMILES string of the molecule is CC(O)C(C)SCc1ccccc1CC(=O)O. The summed E-state index contributed by atoms with van der Waals surface area (Å²) in [6.07, 6.45) is -0.300. The van der Waals surface area contributed by atoms with E-state index in [0.29, 0.717) is 0 Å². The Bertz CT molecular complexity index is 377. The molecule has 0 radical (unpaired) electrons. The van der Waals surface area contributed by atoms with Crippen LogP contribution in [-0.4, -0.2) is 27.5 Å². The minimum Gasteiger partial charge on any atom is -0.481 e. The maximum absolute atomic E-state index is 10.7. The standard InChI is InChI=1S/C13H18O3S/c1-9(14)10(2)17-8-12-6-4-3-5-11(12)7-13(15)16/h3-6,9-10,14H,7-8H2,1-2H3,(H,15,16). The summed E-state index contributed by atoms with van der Waals surface area (Å²) < 4.78 is 0. The molecule has 0 saturated carbocycles. The second-order valence-corrected chi connectivity index (χ2v) is 5.46. The Morgan fingerprint density at radius 2 is 1.88 bits per heavy atom. The van der Waals surface area contributed by atoms with Gasteiger partial charge in [0.15, 0.2) is 0 Å². The molecule has 94 valence electrons. The van der Waals surface area contributed by atoms with Crippen LogP contribution in [0.1, 0.15) is 25.0 Å². The van der Waals surface area contributed by atoms with Gasteiger partial charge in [0.05, 0.1) is 12.5 Å². The lowest BCUT2D eigenvalue weighted by Gasteiger charge is -2.15. The summed E-state index contributed by atoms with van der Waals surface area (Å²) in [4.78, 5) is 10.7. The lowest BCUT2D eigenvalue weighted by Crippen LogP contribution is -2.15. The van der Waals surface area contributed by atoms with E-state index in [0.717, 1.165) is 16.9 Å². The van der Waals surface area contributed by atoms with Gasteiger partial charge < -0.3 is 10.2 Å². The number of aliphatic carboxylic acids is 1. The minimum absolute atomic E-state index is 0.0554. The van der Waals surface area contributed by atoms with E-state index in [1.807, 2.05) is 31.2 Å². The third-order valence-electron chi connectivity index (χ3n) is 2.64. The molecule has 17 heavy (non-hydrogen) atoms. The van der Waals surface area contributed by atoms with Crippen LogP contribution < -0.4 is 0 Å². The highest BCUT2D eigenvalue weighted by molar-refractivity contribution is 7.99. The number of rotatable bonds is 6. The number of carboxylic acid groups (broad SMARTS) is 1. The van der Waals surface area contributed by atoms with Crippen molar-refractivity contribution in [3.63, 3.8) is 0 Å². The Balaban J connectivity index is 2.66. The van der Waals surface area contributed by atoms with Crippen molar-refractivity contribution >= 4 is 17.7 Å². The zero-order chi connectivity index (χ0) is 12.8. The van der Waals surface area contributed by atoms with Gasteiger partial charge in [0.1, 0.15) is 0 Å². The molecule has 0 fully saturated rings. The Hall–Kier alpha value is -1.00. The number of hydrogen-bond donors (Lipinski definition) is 2. The van der Waals surface area contributed by atoms with Gasteiger partial charge in [-0.2, -0.15) is 11.8 Å². The lowest BCUT2D eigenvalue weighted by atomic mass is 10.1. The summed E-state index contributed by atoms with van der Waals surface area (Å²) in [5.41, 5.74) is 1.89. The molecule has 4 heteroatoms. The van der Waals surface area contributed by atoms with E-state index in [2.05, 4.69) is 0 Å². The molecule has 0 aliphatic carbocycles. The van der Waals surface area contributed by atoms with Crippen molar-refractivity contribution in [2.75, 3.05) is 0 Å². The van der Waals surface area contributed by atoms with Crippen molar-refractivity contribution in [2.45, 2.75) is 37.4 Å². The molecule has 0 spiro atoms. The van der Waals surface area contributed by atoms with Crippen LogP contribution in [0.15, 0.2) is 24.3 Å². The van der Waals surface area contributed by atoms with Crippen LogP contribution in [0.4, 0.5) is 0 Å². The van der Waals surface area contributed by atoms with Crippen molar-refractivity contribution in [3.8, 4) is 0 Å². The normalized spacial score (nSPS) is 14.3. The molecule has 0 heterocycles. The zero-order valence-electron chi connectivity index (χ0n) is 10.1. The Labute approximate surface area is 106 Å². The van der Waals surface area contributed by atoms with Gasteiger partial charge >= 0.3 is 5.97 Å². The van der Waals surface area contributed by atoms with E-state index in [1.54, 1.807) is 18.7 Å². The van der Waals surface area contributed by atoms with Crippen LogP contribution in [0.5, 0.6) is 0 Å². The molecule has 0 aromatic heterocycles. The van der Waals surface area contributed by atoms with Crippen LogP contribution in [0.25, 0.3) is 0 Å². The summed E-state index contributed by atoms with van der Waals surface area (Å²) in [5.74, 6) is -0.0822. The van der Waals surface area contributed by atoms with Crippen molar-refractivity contribution in [1.82, 2.24) is 0 Å². The van der Waals surface area contributed by atoms with Crippen molar-refractivity contribution in [1.29, 1.82) is 0 Å². The molecular weight excluding hydrogens is 236 g/mol. The molecule has 0 saturated heterocycles. The van der Waals surface area contributed by atoms with Gasteiger partial charge in [-0.1, -0.05) is 31.2 Å². The Morgan fingerprint density at radius 3 is 2.41 bits per heavy atom. The number of thioether (sulfide) groups is 1. The highest BCUT2D eigenvalue weighted by Gasteiger charge is 2.11. The first-order chi connectivity index (χ1) is 8.00. The molecule has 2 N–H and O–H groups in total. The van der Waals surface area contributed by atoms with Gasteiger partial charge in [0, 0.05) is 11.0 Å². The minimum atomic E-state index is -0.814. The molecule has 0 aliphatic rings. The van der Waals surface area contributed by atoms with Crippen molar-refractivity contribution in [3.05, 3.63) is 35.4 Å². The Morgan fingerprint density at radius 1 is 1.29 bits per heavy atom. The number of benzene rings is 1.